The molecule has 0 radical (unpaired) electrons. The molecule has 6 nitrogen and oxygen atoms in total. The third kappa shape index (κ3) is 3.54. The zero-order valence-electron chi connectivity index (χ0n) is 20.4. The molecule has 35 heavy (non-hydrogen) atoms. The zero-order valence-corrected chi connectivity index (χ0v) is 20.4. The molecule has 3 unspecified atom stereocenters. The summed E-state index contributed by atoms with van der Waals surface area (Å²) >= 11 is 0. The van der Waals surface area contributed by atoms with Gasteiger partial charge in [-0.3, -0.25) is 14.4 Å². The molecule has 1 fully saturated rings. The summed E-state index contributed by atoms with van der Waals surface area (Å²) in [5, 5.41) is 11.6. The number of aliphatic hydroxyl groups is 1. The zero-order chi connectivity index (χ0) is 25.2. The van der Waals surface area contributed by atoms with Crippen molar-refractivity contribution in [2.45, 2.75) is 64.3 Å². The number of rotatable bonds is 3. The lowest BCUT2D eigenvalue weighted by Gasteiger charge is -2.44. The van der Waals surface area contributed by atoms with Crippen molar-refractivity contribution in [3.8, 4) is 0 Å². The molecular formula is C29H30O6. The number of allylic oxidation sites excluding steroid dienone is 2. The largest absolute Gasteiger partial charge is 0.451 e. The van der Waals surface area contributed by atoms with Crippen molar-refractivity contribution in [3.05, 3.63) is 83.3 Å². The van der Waals surface area contributed by atoms with E-state index in [1.165, 1.54) is 0 Å². The number of ether oxygens (including phenoxy) is 2. The van der Waals surface area contributed by atoms with Crippen LogP contribution in [0.15, 0.2) is 72.2 Å². The van der Waals surface area contributed by atoms with Crippen LogP contribution >= 0.6 is 0 Å². The second-order valence-electron chi connectivity index (χ2n) is 11.3. The van der Waals surface area contributed by atoms with Gasteiger partial charge in [0.2, 0.25) is 11.5 Å². The SMILES string of the molecule is CC1(C)CC2=C(OC([C@@]3(O)C(=O)CC(C)(C)C(c4ccccc4)C3=O)O2)C(=O)C1c1ccccc1. The highest BCUT2D eigenvalue weighted by molar-refractivity contribution is 6.16. The average Bonchev–Trinajstić information content (AvgIpc) is 3.22. The van der Waals surface area contributed by atoms with Crippen molar-refractivity contribution in [1.82, 2.24) is 0 Å². The van der Waals surface area contributed by atoms with Gasteiger partial charge in [-0.25, -0.2) is 0 Å². The predicted octanol–water partition coefficient (Wildman–Crippen LogP) is 4.44. The molecule has 182 valence electrons. The van der Waals surface area contributed by atoms with Gasteiger partial charge in [0.15, 0.2) is 11.6 Å². The smallest absolute Gasteiger partial charge is 0.284 e. The predicted molar refractivity (Wildman–Crippen MR) is 128 cm³/mol. The van der Waals surface area contributed by atoms with Crippen LogP contribution in [0.3, 0.4) is 0 Å². The first-order valence-electron chi connectivity index (χ1n) is 12.0. The van der Waals surface area contributed by atoms with Crippen molar-refractivity contribution in [2.75, 3.05) is 0 Å². The summed E-state index contributed by atoms with van der Waals surface area (Å²) in [6.45, 7) is 7.64. The molecule has 1 saturated carbocycles. The summed E-state index contributed by atoms with van der Waals surface area (Å²) in [4.78, 5) is 40.7. The molecule has 0 amide bonds. The van der Waals surface area contributed by atoms with Crippen LogP contribution in [-0.2, 0) is 23.9 Å². The van der Waals surface area contributed by atoms with E-state index in [-0.39, 0.29) is 23.7 Å². The first-order valence-corrected chi connectivity index (χ1v) is 12.0. The average molecular weight is 475 g/mol. The van der Waals surface area contributed by atoms with E-state index < -0.39 is 46.1 Å². The highest BCUT2D eigenvalue weighted by Gasteiger charge is 2.65. The Morgan fingerprint density at radius 1 is 0.743 bits per heavy atom. The Morgan fingerprint density at radius 2 is 1.26 bits per heavy atom. The molecule has 0 saturated heterocycles. The van der Waals surface area contributed by atoms with E-state index >= 15 is 0 Å². The molecule has 0 spiro atoms. The quantitative estimate of drug-likeness (QED) is 0.662. The summed E-state index contributed by atoms with van der Waals surface area (Å²) in [6, 6.07) is 18.6. The summed E-state index contributed by atoms with van der Waals surface area (Å²) in [5.74, 6) is -2.53. The first-order chi connectivity index (χ1) is 16.5. The van der Waals surface area contributed by atoms with Crippen LogP contribution in [-0.4, -0.2) is 34.3 Å². The van der Waals surface area contributed by atoms with Gasteiger partial charge >= 0.3 is 0 Å². The Bertz CT molecular complexity index is 1230. The molecule has 0 aromatic heterocycles. The Morgan fingerprint density at radius 3 is 1.83 bits per heavy atom. The Hall–Kier alpha value is -3.25. The van der Waals surface area contributed by atoms with Gasteiger partial charge in [0.25, 0.3) is 11.9 Å². The summed E-state index contributed by atoms with van der Waals surface area (Å²) in [7, 11) is 0. The molecule has 2 aromatic rings. The summed E-state index contributed by atoms with van der Waals surface area (Å²) in [6.07, 6.45) is -1.26. The Labute approximate surface area is 204 Å². The molecule has 2 aliphatic carbocycles. The molecule has 6 heteroatoms. The molecule has 0 bridgehead atoms. The molecule has 1 aliphatic heterocycles. The Balaban J connectivity index is 1.49. The molecule has 1 N–H and O–H groups in total. The van der Waals surface area contributed by atoms with Crippen molar-refractivity contribution in [2.24, 2.45) is 10.8 Å². The molecular weight excluding hydrogens is 444 g/mol. The second kappa shape index (κ2) is 7.89. The van der Waals surface area contributed by atoms with Crippen LogP contribution in [0.25, 0.3) is 0 Å². The van der Waals surface area contributed by atoms with E-state index in [1.807, 2.05) is 88.4 Å². The van der Waals surface area contributed by atoms with E-state index in [2.05, 4.69) is 0 Å². The third-order valence-corrected chi connectivity index (χ3v) is 7.68. The lowest BCUT2D eigenvalue weighted by Crippen LogP contribution is -2.63. The lowest BCUT2D eigenvalue weighted by molar-refractivity contribution is -0.201. The maximum Gasteiger partial charge on any atom is 0.284 e. The summed E-state index contributed by atoms with van der Waals surface area (Å²) in [5.41, 5.74) is -2.14. The van der Waals surface area contributed by atoms with Crippen LogP contribution in [0.5, 0.6) is 0 Å². The topological polar surface area (TPSA) is 89.9 Å². The Kier molecular flexibility index (Phi) is 5.29. The number of hydrogen-bond acceptors (Lipinski definition) is 6. The molecule has 2 aromatic carbocycles. The van der Waals surface area contributed by atoms with Gasteiger partial charge < -0.3 is 14.6 Å². The molecule has 3 aliphatic rings. The van der Waals surface area contributed by atoms with Crippen molar-refractivity contribution >= 4 is 17.3 Å². The fourth-order valence-corrected chi connectivity index (χ4v) is 5.98. The minimum Gasteiger partial charge on any atom is -0.451 e. The normalized spacial score (nSPS) is 31.6. The highest BCUT2D eigenvalue weighted by atomic mass is 16.7. The minimum absolute atomic E-state index is 0.00158. The van der Waals surface area contributed by atoms with Crippen LogP contribution in [0.1, 0.15) is 63.5 Å². The fourth-order valence-electron chi connectivity index (χ4n) is 5.98. The van der Waals surface area contributed by atoms with Crippen molar-refractivity contribution in [1.29, 1.82) is 0 Å². The van der Waals surface area contributed by atoms with Gasteiger partial charge in [-0.05, 0) is 22.0 Å². The fraction of sp³-hybridized carbons (Fsp3) is 0.414. The van der Waals surface area contributed by atoms with E-state index in [0.717, 1.165) is 5.56 Å². The van der Waals surface area contributed by atoms with E-state index in [9.17, 15) is 19.5 Å². The van der Waals surface area contributed by atoms with Crippen LogP contribution in [0.4, 0.5) is 0 Å². The van der Waals surface area contributed by atoms with Crippen LogP contribution in [0, 0.1) is 10.8 Å². The third-order valence-electron chi connectivity index (χ3n) is 7.68. The van der Waals surface area contributed by atoms with E-state index in [1.54, 1.807) is 0 Å². The van der Waals surface area contributed by atoms with E-state index in [0.29, 0.717) is 12.0 Å². The highest BCUT2D eigenvalue weighted by Crippen LogP contribution is 2.53. The second-order valence-corrected chi connectivity index (χ2v) is 11.3. The molecule has 4 atom stereocenters. The van der Waals surface area contributed by atoms with Crippen LogP contribution < -0.4 is 0 Å². The van der Waals surface area contributed by atoms with Gasteiger partial charge in [-0.2, -0.15) is 0 Å². The number of hydrogen-bond donors (Lipinski definition) is 1. The number of Topliss-reactive ketones (excluding diaryl/α,β-unsaturated/α-hetero) is 3. The number of carbonyl (C=O) groups excluding carboxylic acids is 3. The van der Waals surface area contributed by atoms with Gasteiger partial charge in [0.1, 0.15) is 5.76 Å². The number of benzene rings is 2. The number of carbonyl (C=O) groups is 3. The lowest BCUT2D eigenvalue weighted by atomic mass is 9.60. The van der Waals surface area contributed by atoms with Crippen molar-refractivity contribution in [3.63, 3.8) is 0 Å². The van der Waals surface area contributed by atoms with Crippen LogP contribution in [0.2, 0.25) is 0 Å². The monoisotopic (exact) mass is 474 g/mol. The molecule has 5 rings (SSSR count). The first kappa shape index (κ1) is 23.5. The maximum absolute atomic E-state index is 13.8. The van der Waals surface area contributed by atoms with Crippen molar-refractivity contribution < 1.29 is 29.0 Å². The van der Waals surface area contributed by atoms with Gasteiger partial charge in [0, 0.05) is 12.8 Å². The van der Waals surface area contributed by atoms with Gasteiger partial charge in [-0.1, -0.05) is 88.4 Å². The molecule has 1 heterocycles. The number of ketones is 3. The van der Waals surface area contributed by atoms with Gasteiger partial charge in [0.05, 0.1) is 11.8 Å². The summed E-state index contributed by atoms with van der Waals surface area (Å²) < 4.78 is 11.8. The van der Waals surface area contributed by atoms with Gasteiger partial charge in [-0.15, -0.1) is 0 Å². The minimum atomic E-state index is -2.51. The standard InChI is InChI=1S/C29H30O6/c1-27(2)15-19-24(23(31)21(27)17-11-7-5-8-12-17)35-26(34-19)29(33)20(30)16-28(3,4)22(25(29)32)18-13-9-6-10-14-18/h5-14,21-22,26,33H,15-16H2,1-4H3/t21?,22?,26?,29-/m1/s1. The maximum atomic E-state index is 13.8. The van der Waals surface area contributed by atoms with E-state index in [4.69, 9.17) is 9.47 Å².